The minimum atomic E-state index is -1.32. The van der Waals surface area contributed by atoms with Crippen molar-refractivity contribution in [3.63, 3.8) is 0 Å². The molecule has 4 nitrogen and oxygen atoms in total. The van der Waals surface area contributed by atoms with Gasteiger partial charge >= 0.3 is 0 Å². The molecule has 0 spiro atoms. The molecule has 0 bridgehead atoms. The first-order chi connectivity index (χ1) is 22.3. The molecule has 0 amide bonds. The maximum Gasteiger partial charge on any atom is 0.254 e. The standard InChI is InChI=1S/C14H10Cl2O.C11H19ClO.C8H6Cl2O.C2HCl3O/c15-13(17)14(16,11-7-3-1-4-8-11)12-9-5-2-6-10-12;1-2-3-4-5-6-7-8-9-10-11(12)13;9-7(8(10)11)6-4-2-1-3-5-6;3-1(4)2(5)6/h1-10H;2H,1,3-10H2;1-5,7H;1H. The molecule has 3 aromatic rings. The van der Waals surface area contributed by atoms with Gasteiger partial charge in [-0.3, -0.25) is 19.2 Å². The highest BCUT2D eigenvalue weighted by atomic mass is 35.5. The van der Waals surface area contributed by atoms with E-state index in [-0.39, 0.29) is 5.24 Å². The largest absolute Gasteiger partial charge is 0.281 e. The summed E-state index contributed by atoms with van der Waals surface area (Å²) >= 11 is 42.7. The lowest BCUT2D eigenvalue weighted by Gasteiger charge is -2.23. The van der Waals surface area contributed by atoms with E-state index in [2.05, 4.69) is 6.58 Å². The van der Waals surface area contributed by atoms with Gasteiger partial charge in [0.1, 0.15) is 5.38 Å². The summed E-state index contributed by atoms with van der Waals surface area (Å²) in [4.78, 5) is 39.9. The minimum Gasteiger partial charge on any atom is -0.281 e. The van der Waals surface area contributed by atoms with Gasteiger partial charge in [-0.25, -0.2) is 0 Å². The second-order valence-corrected chi connectivity index (χ2v) is 13.3. The Balaban J connectivity index is 0.000000635. The molecule has 47 heavy (non-hydrogen) atoms. The van der Waals surface area contributed by atoms with E-state index in [1.165, 1.54) is 25.7 Å². The lowest BCUT2D eigenvalue weighted by Crippen LogP contribution is -2.27. The second kappa shape index (κ2) is 27.2. The number of alkyl halides is 4. The quantitative estimate of drug-likeness (QED) is 0.0664. The summed E-state index contributed by atoms with van der Waals surface area (Å²) in [6.45, 7) is 3.68. The SMILES string of the molecule is C=CCCCCCCCCC(=O)Cl.O=C(Cl)C(Cl)(c1ccccc1)c1ccccc1.O=C(Cl)C(Cl)Cl.O=C(Cl)C(Cl)c1ccccc1. The summed E-state index contributed by atoms with van der Waals surface area (Å²) in [5, 5.41) is -2.81. The normalized spacial score (nSPS) is 10.9. The van der Waals surface area contributed by atoms with E-state index in [0.717, 1.165) is 24.8 Å². The highest BCUT2D eigenvalue weighted by Gasteiger charge is 2.38. The number of carbonyl (C=O) groups is 4. The predicted molar refractivity (Wildman–Crippen MR) is 201 cm³/mol. The lowest BCUT2D eigenvalue weighted by molar-refractivity contribution is -0.113. The van der Waals surface area contributed by atoms with Crippen molar-refractivity contribution in [3.05, 3.63) is 120 Å². The molecule has 0 aliphatic rings. The van der Waals surface area contributed by atoms with Gasteiger partial charge in [0, 0.05) is 6.42 Å². The Morgan fingerprint density at radius 2 is 1.00 bits per heavy atom. The van der Waals surface area contributed by atoms with E-state index in [4.69, 9.17) is 92.8 Å². The third-order valence-electron chi connectivity index (χ3n) is 6.11. The first-order valence-corrected chi connectivity index (χ1v) is 17.6. The fraction of sp³-hybridized carbons (Fsp3) is 0.314. The first kappa shape index (κ1) is 45.4. The van der Waals surface area contributed by atoms with Crippen LogP contribution in [0.1, 0.15) is 73.4 Å². The van der Waals surface area contributed by atoms with Crippen LogP contribution in [0.3, 0.4) is 0 Å². The van der Waals surface area contributed by atoms with E-state index < -0.39 is 30.8 Å². The third-order valence-corrected chi connectivity index (χ3v) is 8.90. The smallest absolute Gasteiger partial charge is 0.254 e. The molecule has 256 valence electrons. The number of rotatable bonds is 15. The van der Waals surface area contributed by atoms with Crippen molar-refractivity contribution in [3.8, 4) is 0 Å². The van der Waals surface area contributed by atoms with Crippen LogP contribution in [-0.2, 0) is 24.1 Å². The lowest BCUT2D eigenvalue weighted by atomic mass is 9.91. The average molecular weight is 804 g/mol. The van der Waals surface area contributed by atoms with Gasteiger partial charge in [-0.15, -0.1) is 18.2 Å². The van der Waals surface area contributed by atoms with Crippen molar-refractivity contribution in [1.29, 1.82) is 0 Å². The molecular formula is C35H36Cl8O4. The van der Waals surface area contributed by atoms with Gasteiger partial charge < -0.3 is 0 Å². The number of hydrogen-bond donors (Lipinski definition) is 0. The van der Waals surface area contributed by atoms with E-state index >= 15 is 0 Å². The Hall–Kier alpha value is -1.60. The fourth-order valence-corrected chi connectivity index (χ4v) is 4.62. The van der Waals surface area contributed by atoms with Gasteiger partial charge in [-0.2, -0.15) is 0 Å². The molecule has 0 N–H and O–H groups in total. The number of carbonyl (C=O) groups excluding carboxylic acids is 4. The van der Waals surface area contributed by atoms with E-state index in [0.29, 0.717) is 17.5 Å². The molecule has 3 aromatic carbocycles. The topological polar surface area (TPSA) is 68.3 Å². The van der Waals surface area contributed by atoms with E-state index in [1.54, 1.807) is 36.4 Å². The fourth-order valence-electron chi connectivity index (χ4n) is 3.74. The second-order valence-electron chi connectivity index (χ2n) is 9.65. The molecule has 0 aliphatic heterocycles. The van der Waals surface area contributed by atoms with Crippen molar-refractivity contribution in [2.75, 3.05) is 0 Å². The summed E-state index contributed by atoms with van der Waals surface area (Å²) in [7, 11) is 0. The Morgan fingerprint density at radius 3 is 1.34 bits per heavy atom. The van der Waals surface area contributed by atoms with Crippen LogP contribution in [0.4, 0.5) is 0 Å². The number of allylic oxidation sites excluding steroid dienone is 1. The van der Waals surface area contributed by atoms with Crippen molar-refractivity contribution in [1.82, 2.24) is 0 Å². The predicted octanol–water partition coefficient (Wildman–Crippen LogP) is 12.3. The summed E-state index contributed by atoms with van der Waals surface area (Å²) in [6, 6.07) is 27.2. The van der Waals surface area contributed by atoms with Crippen LogP contribution in [0.5, 0.6) is 0 Å². The Bertz CT molecular complexity index is 1280. The monoisotopic (exact) mass is 800 g/mol. The first-order valence-electron chi connectivity index (χ1n) is 14.4. The molecule has 0 aliphatic carbocycles. The van der Waals surface area contributed by atoms with Crippen LogP contribution in [0.2, 0.25) is 0 Å². The molecule has 0 heterocycles. The van der Waals surface area contributed by atoms with Gasteiger partial charge in [0.15, 0.2) is 9.71 Å². The van der Waals surface area contributed by atoms with E-state index in [1.807, 2.05) is 60.7 Å². The number of benzene rings is 3. The zero-order chi connectivity index (χ0) is 35.7. The minimum absolute atomic E-state index is 0.202. The maximum absolute atomic E-state index is 11.7. The third kappa shape index (κ3) is 20.5. The summed E-state index contributed by atoms with van der Waals surface area (Å²) < 4.78 is 0. The summed E-state index contributed by atoms with van der Waals surface area (Å²) in [5.74, 6) is 0. The van der Waals surface area contributed by atoms with Gasteiger partial charge in [0.05, 0.1) is 0 Å². The van der Waals surface area contributed by atoms with Crippen LogP contribution < -0.4 is 0 Å². The highest BCUT2D eigenvalue weighted by Crippen LogP contribution is 2.38. The molecule has 0 saturated carbocycles. The molecule has 1 atom stereocenters. The Labute approximate surface area is 317 Å². The molecule has 0 fully saturated rings. The highest BCUT2D eigenvalue weighted by molar-refractivity contribution is 6.75. The van der Waals surface area contributed by atoms with Crippen LogP contribution >= 0.6 is 92.8 Å². The van der Waals surface area contributed by atoms with Gasteiger partial charge in [0.2, 0.25) is 10.5 Å². The molecule has 0 radical (unpaired) electrons. The van der Waals surface area contributed by atoms with Gasteiger partial charge in [0.25, 0.3) is 10.5 Å². The molecule has 12 heteroatoms. The van der Waals surface area contributed by atoms with Gasteiger partial charge in [-0.05, 0) is 82.4 Å². The molecule has 0 aromatic heterocycles. The van der Waals surface area contributed by atoms with Crippen LogP contribution in [-0.4, -0.2) is 25.8 Å². The van der Waals surface area contributed by atoms with Crippen molar-refractivity contribution >= 4 is 114 Å². The number of hydrogen-bond acceptors (Lipinski definition) is 4. The summed E-state index contributed by atoms with van der Waals surface area (Å²) in [5.41, 5.74) is 2.08. The number of halogens is 8. The van der Waals surface area contributed by atoms with Gasteiger partial charge in [-0.1, -0.05) is 158 Å². The van der Waals surface area contributed by atoms with Crippen LogP contribution in [0, 0.1) is 0 Å². The Kier molecular flexibility index (Phi) is 26.3. The van der Waals surface area contributed by atoms with E-state index in [9.17, 15) is 19.2 Å². The summed E-state index contributed by atoms with van der Waals surface area (Å²) in [6.07, 6.45) is 10.7. The maximum atomic E-state index is 11.7. The van der Waals surface area contributed by atoms with Crippen molar-refractivity contribution in [2.45, 2.75) is 66.5 Å². The Morgan fingerprint density at radius 1 is 0.617 bits per heavy atom. The molecule has 3 rings (SSSR count). The average Bonchev–Trinajstić information content (AvgIpc) is 3.07. The van der Waals surface area contributed by atoms with Crippen LogP contribution in [0.15, 0.2) is 104 Å². The number of unbranched alkanes of at least 4 members (excludes halogenated alkanes) is 6. The molecule has 1 unspecified atom stereocenters. The van der Waals surface area contributed by atoms with Crippen LogP contribution in [0.25, 0.3) is 0 Å². The van der Waals surface area contributed by atoms with Crippen molar-refractivity contribution in [2.24, 2.45) is 0 Å². The zero-order valence-electron chi connectivity index (χ0n) is 25.4. The zero-order valence-corrected chi connectivity index (χ0v) is 31.5. The van der Waals surface area contributed by atoms with Crippen molar-refractivity contribution < 1.29 is 19.2 Å². The molecular weight excluding hydrogens is 768 g/mol. The molecule has 0 saturated heterocycles.